The molecule has 0 amide bonds. The average molecular weight is 200 g/mol. The van der Waals surface area contributed by atoms with Gasteiger partial charge in [0.15, 0.2) is 0 Å². The molecule has 0 saturated heterocycles. The zero-order valence-corrected chi connectivity index (χ0v) is 7.93. The number of hydrogen-bond donors (Lipinski definition) is 0. The molecule has 0 fully saturated rings. The summed E-state index contributed by atoms with van der Waals surface area (Å²) in [5.74, 6) is 0. The second kappa shape index (κ2) is 3.66. The van der Waals surface area contributed by atoms with Gasteiger partial charge < -0.3 is 4.74 Å². The molecule has 74 valence electrons. The molecule has 15 heavy (non-hydrogen) atoms. The molecule has 1 unspecified atom stereocenters. The second-order valence-electron chi connectivity index (χ2n) is 3.33. The maximum Gasteiger partial charge on any atom is 0.237 e. The minimum Gasteiger partial charge on any atom is -0.373 e. The van der Waals surface area contributed by atoms with E-state index < -0.39 is 5.54 Å². The van der Waals surface area contributed by atoms with Gasteiger partial charge in [-0.25, -0.2) is 4.79 Å². The molecule has 0 bridgehead atoms. The third kappa shape index (κ3) is 1.44. The standard InChI is InChI=1S/C11H8N2O2/c12-6-11(13-8-14)7-15-5-9-3-1-2-4-10(9)11/h1-4H,5,7H2. The van der Waals surface area contributed by atoms with Crippen LogP contribution in [0.1, 0.15) is 11.1 Å². The van der Waals surface area contributed by atoms with Crippen molar-refractivity contribution in [3.8, 4) is 6.07 Å². The normalized spacial score (nSPS) is 23.4. The fourth-order valence-electron chi connectivity index (χ4n) is 1.72. The van der Waals surface area contributed by atoms with E-state index in [-0.39, 0.29) is 6.61 Å². The van der Waals surface area contributed by atoms with Crippen molar-refractivity contribution in [1.82, 2.24) is 0 Å². The lowest BCUT2D eigenvalue weighted by molar-refractivity contribution is 0.0730. The van der Waals surface area contributed by atoms with Crippen molar-refractivity contribution in [2.75, 3.05) is 6.61 Å². The number of isocyanates is 1. The summed E-state index contributed by atoms with van der Waals surface area (Å²) in [4.78, 5) is 13.9. The fourth-order valence-corrected chi connectivity index (χ4v) is 1.72. The molecule has 0 aromatic heterocycles. The van der Waals surface area contributed by atoms with E-state index in [9.17, 15) is 4.79 Å². The average Bonchev–Trinajstić information content (AvgIpc) is 2.30. The van der Waals surface area contributed by atoms with Crippen molar-refractivity contribution < 1.29 is 9.53 Å². The second-order valence-corrected chi connectivity index (χ2v) is 3.33. The molecular formula is C11H8N2O2. The van der Waals surface area contributed by atoms with E-state index in [2.05, 4.69) is 4.99 Å². The van der Waals surface area contributed by atoms with Crippen LogP contribution in [0, 0.1) is 11.3 Å². The molecular weight excluding hydrogens is 192 g/mol. The number of aliphatic imine (C=N–C) groups is 1. The van der Waals surface area contributed by atoms with Gasteiger partial charge in [0.05, 0.1) is 13.2 Å². The monoisotopic (exact) mass is 200 g/mol. The highest BCUT2D eigenvalue weighted by atomic mass is 16.5. The number of nitrogens with zero attached hydrogens (tertiary/aromatic N) is 2. The Bertz CT molecular complexity index is 472. The Morgan fingerprint density at radius 1 is 1.47 bits per heavy atom. The zero-order chi connectivity index (χ0) is 10.7. The largest absolute Gasteiger partial charge is 0.373 e. The molecule has 0 saturated carbocycles. The van der Waals surface area contributed by atoms with Gasteiger partial charge in [0.25, 0.3) is 0 Å². The molecule has 4 heteroatoms. The van der Waals surface area contributed by atoms with Gasteiger partial charge in [0.1, 0.15) is 6.07 Å². The predicted molar refractivity (Wildman–Crippen MR) is 51.5 cm³/mol. The Labute approximate surface area is 86.8 Å². The number of hydrogen-bond acceptors (Lipinski definition) is 4. The van der Waals surface area contributed by atoms with Crippen molar-refractivity contribution in [3.63, 3.8) is 0 Å². The molecule has 0 radical (unpaired) electrons. The first-order chi connectivity index (χ1) is 7.32. The maximum absolute atomic E-state index is 10.3. The van der Waals surface area contributed by atoms with Crippen molar-refractivity contribution in [2.24, 2.45) is 4.99 Å². The highest BCUT2D eigenvalue weighted by molar-refractivity contribution is 5.45. The van der Waals surface area contributed by atoms with Crippen molar-refractivity contribution >= 4 is 6.08 Å². The Kier molecular flexibility index (Phi) is 2.34. The van der Waals surface area contributed by atoms with E-state index in [1.165, 1.54) is 6.08 Å². The van der Waals surface area contributed by atoms with Crippen LogP contribution in [0.2, 0.25) is 0 Å². The molecule has 0 aliphatic carbocycles. The maximum atomic E-state index is 10.3. The van der Waals surface area contributed by atoms with Crippen LogP contribution in [0.5, 0.6) is 0 Å². The van der Waals surface area contributed by atoms with Gasteiger partial charge in [0, 0.05) is 5.56 Å². The van der Waals surface area contributed by atoms with Crippen LogP contribution in [0.15, 0.2) is 29.3 Å². The summed E-state index contributed by atoms with van der Waals surface area (Å²) in [5.41, 5.74) is 0.419. The van der Waals surface area contributed by atoms with E-state index in [1.807, 2.05) is 24.3 Å². The van der Waals surface area contributed by atoms with Crippen molar-refractivity contribution in [2.45, 2.75) is 12.1 Å². The fraction of sp³-hybridized carbons (Fsp3) is 0.273. The summed E-state index contributed by atoms with van der Waals surface area (Å²) >= 11 is 0. The number of rotatable bonds is 1. The first-order valence-electron chi connectivity index (χ1n) is 4.49. The van der Waals surface area contributed by atoms with E-state index in [0.29, 0.717) is 6.61 Å². The van der Waals surface area contributed by atoms with Gasteiger partial charge in [-0.3, -0.25) is 0 Å². The van der Waals surface area contributed by atoms with Gasteiger partial charge in [-0.05, 0) is 5.56 Å². The lowest BCUT2D eigenvalue weighted by Gasteiger charge is -2.28. The Morgan fingerprint density at radius 3 is 3.00 bits per heavy atom. The molecule has 1 atom stereocenters. The molecule has 1 aromatic carbocycles. The summed E-state index contributed by atoms with van der Waals surface area (Å²) < 4.78 is 5.26. The lowest BCUT2D eigenvalue weighted by Crippen LogP contribution is -2.33. The molecule has 1 aromatic rings. The van der Waals surface area contributed by atoms with Gasteiger partial charge in [-0.2, -0.15) is 10.3 Å². The Morgan fingerprint density at radius 2 is 2.27 bits per heavy atom. The van der Waals surface area contributed by atoms with Gasteiger partial charge in [-0.15, -0.1) is 0 Å². The summed E-state index contributed by atoms with van der Waals surface area (Å²) in [7, 11) is 0. The summed E-state index contributed by atoms with van der Waals surface area (Å²) in [6.07, 6.45) is 1.44. The van der Waals surface area contributed by atoms with Crippen LogP contribution in [0.4, 0.5) is 0 Å². The quantitative estimate of drug-likeness (QED) is 0.506. The van der Waals surface area contributed by atoms with E-state index in [0.717, 1.165) is 11.1 Å². The first-order valence-corrected chi connectivity index (χ1v) is 4.49. The third-order valence-corrected chi connectivity index (χ3v) is 2.45. The Hall–Kier alpha value is -1.95. The lowest BCUT2D eigenvalue weighted by atomic mass is 9.87. The first kappa shape index (κ1) is 9.60. The summed E-state index contributed by atoms with van der Waals surface area (Å²) in [6.45, 7) is 0.559. The van der Waals surface area contributed by atoms with Crippen LogP contribution in [0.25, 0.3) is 0 Å². The van der Waals surface area contributed by atoms with Crippen LogP contribution in [-0.4, -0.2) is 12.7 Å². The minimum atomic E-state index is -1.21. The number of benzene rings is 1. The number of ether oxygens (including phenoxy) is 1. The molecule has 1 aliphatic rings. The number of nitriles is 1. The van der Waals surface area contributed by atoms with Crippen LogP contribution < -0.4 is 0 Å². The summed E-state index contributed by atoms with van der Waals surface area (Å²) in [5, 5.41) is 9.12. The van der Waals surface area contributed by atoms with E-state index in [1.54, 1.807) is 6.07 Å². The molecule has 1 heterocycles. The molecule has 0 spiro atoms. The molecule has 2 rings (SSSR count). The topological polar surface area (TPSA) is 62.5 Å². The third-order valence-electron chi connectivity index (χ3n) is 2.45. The van der Waals surface area contributed by atoms with E-state index in [4.69, 9.17) is 10.00 Å². The zero-order valence-electron chi connectivity index (χ0n) is 7.93. The van der Waals surface area contributed by atoms with Gasteiger partial charge in [0.2, 0.25) is 11.6 Å². The van der Waals surface area contributed by atoms with Crippen molar-refractivity contribution in [1.29, 1.82) is 5.26 Å². The highest BCUT2D eigenvalue weighted by Gasteiger charge is 2.37. The SMILES string of the molecule is N#CC1(N=C=O)COCc2ccccc21. The van der Waals surface area contributed by atoms with E-state index >= 15 is 0 Å². The van der Waals surface area contributed by atoms with Gasteiger partial charge in [-0.1, -0.05) is 24.3 Å². The number of fused-ring (bicyclic) bond motifs is 1. The van der Waals surface area contributed by atoms with Crippen LogP contribution >= 0.6 is 0 Å². The summed E-state index contributed by atoms with van der Waals surface area (Å²) in [6, 6.07) is 9.35. The van der Waals surface area contributed by atoms with Crippen LogP contribution in [0.3, 0.4) is 0 Å². The molecule has 0 N–H and O–H groups in total. The molecule has 4 nitrogen and oxygen atoms in total. The number of carbonyl (C=O) groups excluding carboxylic acids is 1. The Balaban J connectivity index is 2.63. The van der Waals surface area contributed by atoms with Crippen molar-refractivity contribution in [3.05, 3.63) is 35.4 Å². The smallest absolute Gasteiger partial charge is 0.237 e. The highest BCUT2D eigenvalue weighted by Crippen LogP contribution is 2.32. The van der Waals surface area contributed by atoms with Crippen LogP contribution in [-0.2, 0) is 21.7 Å². The molecule has 1 aliphatic heterocycles. The predicted octanol–water partition coefficient (Wildman–Crippen LogP) is 1.27. The minimum absolute atomic E-state index is 0.107. The van der Waals surface area contributed by atoms with Gasteiger partial charge >= 0.3 is 0 Å².